The first-order valence-corrected chi connectivity index (χ1v) is 31.8. The number of ether oxygens (including phenoxy) is 3. The molecule has 0 bridgehead atoms. The summed E-state index contributed by atoms with van der Waals surface area (Å²) in [6.45, 7) is 28.9. The molecule has 8 unspecified atom stereocenters. The molecule has 7 heteroatoms. The first-order valence-electron chi connectivity index (χ1n) is 31.8. The lowest BCUT2D eigenvalue weighted by molar-refractivity contribution is -0.151. The zero-order chi connectivity index (χ0) is 57.9. The van der Waals surface area contributed by atoms with Gasteiger partial charge in [0.05, 0.1) is 18.7 Å². The number of fused-ring (bicyclic) bond motifs is 5. The van der Waals surface area contributed by atoms with Crippen LogP contribution in [0.1, 0.15) is 240 Å². The zero-order valence-electron chi connectivity index (χ0n) is 51.6. The Morgan fingerprint density at radius 1 is 0.646 bits per heavy atom. The fourth-order valence-corrected chi connectivity index (χ4v) is 14.1. The molecule has 0 heterocycles. The molecule has 3 saturated carbocycles. The third-order valence-corrected chi connectivity index (χ3v) is 18.9. The SMILES string of the molecule is C.C.CCCCCCCCC(=O)OC1CCC2(C)C(=CCC3C2CCC2(C)C(C(C)CCCC(C)C)CCC32)C1.CCCCCCOc1ccc(C(=O)Oc2ccc(CC)cc2)cc1.CN.[C-]#[N+]c1ccc(-c2ccc(CC)cc2)cc1. The highest BCUT2D eigenvalue weighted by atomic mass is 16.5. The minimum atomic E-state index is -0.353. The van der Waals surface area contributed by atoms with Crippen LogP contribution in [0.2, 0.25) is 0 Å². The van der Waals surface area contributed by atoms with Crippen LogP contribution in [0.5, 0.6) is 11.5 Å². The van der Waals surface area contributed by atoms with E-state index in [0.29, 0.717) is 40.9 Å². The van der Waals surface area contributed by atoms with E-state index in [1.807, 2.05) is 60.7 Å². The van der Waals surface area contributed by atoms with Crippen molar-refractivity contribution in [3.05, 3.63) is 137 Å². The molecule has 7 nitrogen and oxygen atoms in total. The highest BCUT2D eigenvalue weighted by Crippen LogP contribution is 2.67. The zero-order valence-corrected chi connectivity index (χ0v) is 51.6. The summed E-state index contributed by atoms with van der Waals surface area (Å²) in [7, 11) is 1.50. The molecule has 0 spiro atoms. The molecule has 3 fully saturated rings. The van der Waals surface area contributed by atoms with Crippen molar-refractivity contribution in [3.63, 3.8) is 0 Å². The predicted molar refractivity (Wildman–Crippen MR) is 349 cm³/mol. The molecule has 8 rings (SSSR count). The van der Waals surface area contributed by atoms with Gasteiger partial charge in [0.25, 0.3) is 0 Å². The number of nitrogens with two attached hydrogens (primary N) is 1. The van der Waals surface area contributed by atoms with Crippen LogP contribution < -0.4 is 15.2 Å². The van der Waals surface area contributed by atoms with E-state index in [0.717, 1.165) is 85.3 Å². The van der Waals surface area contributed by atoms with Crippen LogP contribution in [0.15, 0.2) is 109 Å². The van der Waals surface area contributed by atoms with Gasteiger partial charge in [-0.1, -0.05) is 220 Å². The Morgan fingerprint density at radius 3 is 1.82 bits per heavy atom. The van der Waals surface area contributed by atoms with E-state index in [9.17, 15) is 9.59 Å². The maximum Gasteiger partial charge on any atom is 0.343 e. The molecular formula is C75H114N2O5. The van der Waals surface area contributed by atoms with Crippen LogP contribution in [0, 0.1) is 52.9 Å². The lowest BCUT2D eigenvalue weighted by atomic mass is 9.47. The van der Waals surface area contributed by atoms with Crippen molar-refractivity contribution in [1.29, 1.82) is 0 Å². The summed E-state index contributed by atoms with van der Waals surface area (Å²) in [5, 5.41) is 0. The number of aryl methyl sites for hydroxylation is 2. The third-order valence-electron chi connectivity index (χ3n) is 18.9. The van der Waals surface area contributed by atoms with E-state index in [1.54, 1.807) is 17.7 Å². The van der Waals surface area contributed by atoms with E-state index in [4.69, 9.17) is 20.8 Å². The molecule has 0 radical (unpaired) electrons. The van der Waals surface area contributed by atoms with Gasteiger partial charge >= 0.3 is 11.9 Å². The first kappa shape index (κ1) is 71.1. The molecule has 2 N–H and O–H groups in total. The Kier molecular flexibility index (Phi) is 32.2. The average Bonchev–Trinajstić information content (AvgIpc) is 4.06. The monoisotopic (exact) mass is 1120 g/mol. The van der Waals surface area contributed by atoms with E-state index in [-0.39, 0.29) is 32.9 Å². The fourth-order valence-electron chi connectivity index (χ4n) is 14.1. The number of nitrogens with zero attached hydrogens (tertiary/aromatic N) is 1. The molecular weight excluding hydrogens is 1010 g/mol. The largest absolute Gasteiger partial charge is 0.494 e. The molecule has 4 aromatic rings. The number of benzene rings is 4. The molecule has 4 aliphatic carbocycles. The van der Waals surface area contributed by atoms with Crippen LogP contribution in [-0.4, -0.2) is 31.7 Å². The summed E-state index contributed by atoms with van der Waals surface area (Å²) < 4.78 is 17.1. The Morgan fingerprint density at radius 2 is 1.22 bits per heavy atom. The van der Waals surface area contributed by atoms with Crippen molar-refractivity contribution in [2.45, 2.75) is 237 Å². The normalized spacial score (nSPS) is 22.3. The second kappa shape index (κ2) is 37.2. The van der Waals surface area contributed by atoms with Gasteiger partial charge in [-0.15, -0.1) is 0 Å². The number of allylic oxidation sites excluding steroid dienone is 1. The summed E-state index contributed by atoms with van der Waals surface area (Å²) in [6, 6.07) is 31.0. The maximum atomic E-state index is 12.6. The quantitative estimate of drug-likeness (QED) is 0.0247. The van der Waals surface area contributed by atoms with E-state index >= 15 is 0 Å². The van der Waals surface area contributed by atoms with Gasteiger partial charge in [-0.3, -0.25) is 4.79 Å². The number of esters is 2. The van der Waals surface area contributed by atoms with E-state index < -0.39 is 0 Å². The topological polar surface area (TPSA) is 92.2 Å². The van der Waals surface area contributed by atoms with Crippen LogP contribution >= 0.6 is 0 Å². The van der Waals surface area contributed by atoms with Gasteiger partial charge in [0.2, 0.25) is 0 Å². The second-order valence-electron chi connectivity index (χ2n) is 24.7. The third kappa shape index (κ3) is 20.9. The highest BCUT2D eigenvalue weighted by molar-refractivity contribution is 5.91. The number of unbranched alkanes of at least 4 members (excludes halogenated alkanes) is 8. The summed E-state index contributed by atoms with van der Waals surface area (Å²) in [4.78, 5) is 28.1. The molecule has 0 saturated heterocycles. The predicted octanol–water partition coefficient (Wildman–Crippen LogP) is 21.4. The average molecular weight is 1120 g/mol. The van der Waals surface area contributed by atoms with Crippen molar-refractivity contribution >= 4 is 17.6 Å². The Balaban J connectivity index is 0.000000343. The minimum absolute atomic E-state index is 0. The van der Waals surface area contributed by atoms with Crippen LogP contribution in [0.3, 0.4) is 0 Å². The number of carbonyl (C=O) groups is 2. The number of hydrogen-bond acceptors (Lipinski definition) is 6. The van der Waals surface area contributed by atoms with Crippen LogP contribution in [-0.2, 0) is 22.4 Å². The summed E-state index contributed by atoms with van der Waals surface area (Å²) in [6.07, 6.45) is 32.0. The summed E-state index contributed by atoms with van der Waals surface area (Å²) in [5.41, 5.74) is 13.2. The standard InChI is InChI=1S/C36H62O2.C21H26O3.C15H13N.CH5N.2CH4/c1-7-8-9-10-11-12-16-34(37)38-29-21-23-35(5)28(25-29)17-18-30-32-20-19-31(27(4)15-13-14-26(2)3)36(32,6)24-22-33(30)35;1-3-5-6-7-16-23-19-14-10-18(11-15-19)21(22)24-20-12-8-17(4-2)9-13-20;1-3-12-4-6-13(7-5-12)14-8-10-15(16-2)11-9-14;1-2;;/h17,26-27,29-33H,7-16,18-25H2,1-6H3;8-15H,3-7,16H2,1-2H3;4-11H,3H2,1H3;2H2,1H3;2*1H4. The van der Waals surface area contributed by atoms with Crippen LogP contribution in [0.4, 0.5) is 5.69 Å². The van der Waals surface area contributed by atoms with Gasteiger partial charge in [0.15, 0.2) is 5.69 Å². The second-order valence-corrected chi connectivity index (χ2v) is 24.7. The lowest BCUT2D eigenvalue weighted by Gasteiger charge is -2.58. The molecule has 4 aromatic carbocycles. The summed E-state index contributed by atoms with van der Waals surface area (Å²) in [5.74, 6) is 6.34. The van der Waals surface area contributed by atoms with Crippen LogP contribution in [0.25, 0.3) is 16.0 Å². The fraction of sp³-hybridized carbons (Fsp3) is 0.613. The number of carbonyl (C=O) groups excluding carboxylic acids is 2. The van der Waals surface area contributed by atoms with Crippen molar-refractivity contribution in [1.82, 2.24) is 0 Å². The number of hydrogen-bond donors (Lipinski definition) is 1. The van der Waals surface area contributed by atoms with Crippen molar-refractivity contribution in [2.75, 3.05) is 13.7 Å². The molecule has 0 aromatic heterocycles. The van der Waals surface area contributed by atoms with Crippen molar-refractivity contribution in [2.24, 2.45) is 52.1 Å². The van der Waals surface area contributed by atoms with Crippen molar-refractivity contribution < 1.29 is 23.8 Å². The molecule has 4 aliphatic rings. The van der Waals surface area contributed by atoms with Gasteiger partial charge in [0.1, 0.15) is 17.6 Å². The Hall–Kier alpha value is -5.19. The minimum Gasteiger partial charge on any atom is -0.494 e. The summed E-state index contributed by atoms with van der Waals surface area (Å²) >= 11 is 0. The molecule has 454 valence electrons. The first-order chi connectivity index (χ1) is 38.7. The highest BCUT2D eigenvalue weighted by Gasteiger charge is 2.59. The molecule has 8 atom stereocenters. The van der Waals surface area contributed by atoms with E-state index in [1.165, 1.54) is 133 Å². The lowest BCUT2D eigenvalue weighted by Crippen LogP contribution is -2.51. The Bertz CT molecular complexity index is 2470. The van der Waals surface area contributed by atoms with Gasteiger partial charge in [-0.05, 0) is 183 Å². The van der Waals surface area contributed by atoms with Gasteiger partial charge in [-0.2, -0.15) is 0 Å². The molecule has 0 amide bonds. The van der Waals surface area contributed by atoms with Gasteiger partial charge < -0.3 is 19.9 Å². The molecule has 82 heavy (non-hydrogen) atoms. The maximum absolute atomic E-state index is 12.6. The molecule has 0 aliphatic heterocycles. The van der Waals surface area contributed by atoms with Crippen molar-refractivity contribution in [3.8, 4) is 22.6 Å². The van der Waals surface area contributed by atoms with Gasteiger partial charge in [-0.25, -0.2) is 9.64 Å². The van der Waals surface area contributed by atoms with E-state index in [2.05, 4.69) is 103 Å². The smallest absolute Gasteiger partial charge is 0.343 e. The number of rotatable bonds is 24. The Labute approximate surface area is 501 Å². The van der Waals surface area contributed by atoms with Gasteiger partial charge in [0, 0.05) is 12.8 Å².